The molecule has 9 nitrogen and oxygen atoms in total. The average molecular weight is 297 g/mol. The van der Waals surface area contributed by atoms with Crippen LogP contribution in [0, 0.1) is 17.0 Å². The molecule has 1 aliphatic heterocycles. The number of nitrogen functional groups attached to an aromatic ring is 1. The molecule has 1 atom stereocenters. The minimum atomic E-state index is -0.562. The molecular weight excluding hydrogens is 278 g/mol. The lowest BCUT2D eigenvalue weighted by atomic mass is 10.1. The second kappa shape index (κ2) is 5.41. The molecule has 1 aromatic rings. The average Bonchev–Trinajstić information content (AvgIpc) is 2.35. The summed E-state index contributed by atoms with van der Waals surface area (Å²) in [6, 6.07) is 0. The molecule has 2 rings (SSSR count). The number of hydrogen-bond donors (Lipinski definition) is 2. The number of aromatic nitrogens is 2. The Morgan fingerprint density at radius 3 is 2.81 bits per heavy atom. The van der Waals surface area contributed by atoms with Gasteiger partial charge in [-0.05, 0) is 20.8 Å². The van der Waals surface area contributed by atoms with Crippen LogP contribution in [0.25, 0.3) is 0 Å². The van der Waals surface area contributed by atoms with Gasteiger partial charge in [-0.15, -0.1) is 0 Å². The number of rotatable bonds is 3. The highest BCUT2D eigenvalue weighted by Crippen LogP contribution is 2.33. The summed E-state index contributed by atoms with van der Waals surface area (Å²) in [6.45, 7) is 5.76. The summed E-state index contributed by atoms with van der Waals surface area (Å²) in [6.07, 6.45) is -0.440. The van der Waals surface area contributed by atoms with Gasteiger partial charge in [0.2, 0.25) is 11.8 Å². The molecule has 1 saturated heterocycles. The number of morpholine rings is 1. The minimum Gasteiger partial charge on any atom is -0.394 e. The molecule has 3 N–H and O–H groups in total. The smallest absolute Gasteiger partial charge is 0.332 e. The summed E-state index contributed by atoms with van der Waals surface area (Å²) in [7, 11) is 0. The SMILES string of the molecule is Cc1nc(N)nc(N2CC(CO)OC(C)(C)C2)c1[N+](=O)[O-]. The van der Waals surface area contributed by atoms with Gasteiger partial charge in [-0.1, -0.05) is 0 Å². The van der Waals surface area contributed by atoms with Crippen LogP contribution in [0.2, 0.25) is 0 Å². The highest BCUT2D eigenvalue weighted by atomic mass is 16.6. The highest BCUT2D eigenvalue weighted by molar-refractivity contribution is 5.62. The van der Waals surface area contributed by atoms with Gasteiger partial charge in [0, 0.05) is 13.1 Å². The number of aliphatic hydroxyl groups is 1. The van der Waals surface area contributed by atoms with Crippen molar-refractivity contribution in [2.45, 2.75) is 32.5 Å². The van der Waals surface area contributed by atoms with Crippen LogP contribution < -0.4 is 10.6 Å². The maximum absolute atomic E-state index is 11.3. The van der Waals surface area contributed by atoms with Crippen molar-refractivity contribution in [3.63, 3.8) is 0 Å². The van der Waals surface area contributed by atoms with E-state index in [1.807, 2.05) is 13.8 Å². The molecule has 2 heterocycles. The number of nitrogens with zero attached hydrogens (tertiary/aromatic N) is 4. The largest absolute Gasteiger partial charge is 0.394 e. The second-order valence-electron chi connectivity index (χ2n) is 5.66. The van der Waals surface area contributed by atoms with Gasteiger partial charge in [0.05, 0.1) is 23.2 Å². The van der Waals surface area contributed by atoms with E-state index in [9.17, 15) is 15.2 Å². The molecule has 0 radical (unpaired) electrons. The first-order valence-electron chi connectivity index (χ1n) is 6.55. The first-order chi connectivity index (χ1) is 9.73. The number of aliphatic hydroxyl groups excluding tert-OH is 1. The molecule has 0 saturated carbocycles. The molecule has 116 valence electrons. The Kier molecular flexibility index (Phi) is 3.97. The van der Waals surface area contributed by atoms with Gasteiger partial charge in [-0.3, -0.25) is 10.1 Å². The Hall–Kier alpha value is -2.00. The number of ether oxygens (including phenoxy) is 1. The third-order valence-corrected chi connectivity index (χ3v) is 3.22. The Morgan fingerprint density at radius 1 is 1.57 bits per heavy atom. The number of aryl methyl sites for hydroxylation is 1. The summed E-state index contributed by atoms with van der Waals surface area (Å²) >= 11 is 0. The van der Waals surface area contributed by atoms with E-state index in [1.54, 1.807) is 4.90 Å². The van der Waals surface area contributed by atoms with Gasteiger partial charge in [-0.2, -0.15) is 4.98 Å². The number of nitrogens with two attached hydrogens (primary N) is 1. The van der Waals surface area contributed by atoms with Crippen molar-refractivity contribution in [1.82, 2.24) is 9.97 Å². The van der Waals surface area contributed by atoms with Crippen LogP contribution >= 0.6 is 0 Å². The van der Waals surface area contributed by atoms with E-state index < -0.39 is 16.6 Å². The van der Waals surface area contributed by atoms with Crippen molar-refractivity contribution in [3.05, 3.63) is 15.8 Å². The van der Waals surface area contributed by atoms with Crippen molar-refractivity contribution in [2.24, 2.45) is 0 Å². The van der Waals surface area contributed by atoms with Gasteiger partial charge in [-0.25, -0.2) is 4.98 Å². The molecule has 1 aromatic heterocycles. The zero-order valence-corrected chi connectivity index (χ0v) is 12.2. The summed E-state index contributed by atoms with van der Waals surface area (Å²) in [5.74, 6) is 0.151. The van der Waals surface area contributed by atoms with Gasteiger partial charge < -0.3 is 20.5 Å². The van der Waals surface area contributed by atoms with Crippen LogP contribution in [0.3, 0.4) is 0 Å². The molecule has 1 fully saturated rings. The topological polar surface area (TPSA) is 128 Å². The van der Waals surface area contributed by atoms with E-state index >= 15 is 0 Å². The van der Waals surface area contributed by atoms with E-state index in [0.717, 1.165) is 0 Å². The number of hydrogen-bond acceptors (Lipinski definition) is 8. The van der Waals surface area contributed by atoms with Crippen LogP contribution in [0.4, 0.5) is 17.5 Å². The first kappa shape index (κ1) is 15.4. The molecule has 1 unspecified atom stereocenters. The third kappa shape index (κ3) is 3.19. The predicted molar refractivity (Wildman–Crippen MR) is 76.1 cm³/mol. The minimum absolute atomic E-state index is 0.0158. The zero-order valence-electron chi connectivity index (χ0n) is 12.2. The second-order valence-corrected chi connectivity index (χ2v) is 5.66. The molecule has 0 bridgehead atoms. The number of anilines is 2. The first-order valence-corrected chi connectivity index (χ1v) is 6.55. The van der Waals surface area contributed by atoms with Crippen LogP contribution in [0.15, 0.2) is 0 Å². The molecule has 9 heteroatoms. The van der Waals surface area contributed by atoms with Gasteiger partial charge in [0.25, 0.3) is 0 Å². The quantitative estimate of drug-likeness (QED) is 0.600. The maximum Gasteiger partial charge on any atom is 0.332 e. The Morgan fingerprint density at radius 2 is 2.24 bits per heavy atom. The summed E-state index contributed by atoms with van der Waals surface area (Å²) in [4.78, 5) is 20.4. The van der Waals surface area contributed by atoms with Crippen molar-refractivity contribution in [2.75, 3.05) is 30.3 Å². The van der Waals surface area contributed by atoms with Gasteiger partial charge in [0.1, 0.15) is 5.69 Å². The molecule has 0 amide bonds. The van der Waals surface area contributed by atoms with Crippen molar-refractivity contribution in [3.8, 4) is 0 Å². The molecule has 1 aliphatic rings. The standard InChI is InChI=1S/C12H19N5O4/c1-7-9(17(19)20)10(15-11(13)14-7)16-4-8(5-18)21-12(2,3)6-16/h8,18H,4-6H2,1-3H3,(H2,13,14,15). The van der Waals surface area contributed by atoms with E-state index in [-0.39, 0.29) is 29.8 Å². The normalized spacial score (nSPS) is 21.3. The third-order valence-electron chi connectivity index (χ3n) is 3.22. The molecular formula is C12H19N5O4. The summed E-state index contributed by atoms with van der Waals surface area (Å²) in [5.41, 5.74) is 5.10. The van der Waals surface area contributed by atoms with Crippen molar-refractivity contribution >= 4 is 17.5 Å². The van der Waals surface area contributed by atoms with Crippen molar-refractivity contribution < 1.29 is 14.8 Å². The van der Waals surface area contributed by atoms with E-state index in [4.69, 9.17) is 10.5 Å². The fraction of sp³-hybridized carbons (Fsp3) is 0.667. The summed E-state index contributed by atoms with van der Waals surface area (Å²) < 4.78 is 5.70. The van der Waals surface area contributed by atoms with E-state index in [2.05, 4.69) is 9.97 Å². The Labute approximate surface area is 121 Å². The van der Waals surface area contributed by atoms with Crippen LogP contribution in [0.1, 0.15) is 19.5 Å². The highest BCUT2D eigenvalue weighted by Gasteiger charge is 2.37. The van der Waals surface area contributed by atoms with Crippen LogP contribution in [0.5, 0.6) is 0 Å². The van der Waals surface area contributed by atoms with Gasteiger partial charge >= 0.3 is 5.69 Å². The van der Waals surface area contributed by atoms with Gasteiger partial charge in [0.15, 0.2) is 0 Å². The molecule has 0 spiro atoms. The van der Waals surface area contributed by atoms with E-state index in [1.165, 1.54) is 6.92 Å². The predicted octanol–water partition coefficient (Wildman–Crippen LogP) is 0.252. The lowest BCUT2D eigenvalue weighted by molar-refractivity contribution is -0.385. The lowest BCUT2D eigenvalue weighted by Gasteiger charge is -2.42. The molecule has 21 heavy (non-hydrogen) atoms. The zero-order chi connectivity index (χ0) is 15.8. The van der Waals surface area contributed by atoms with Crippen molar-refractivity contribution in [1.29, 1.82) is 0 Å². The fourth-order valence-corrected chi connectivity index (χ4v) is 2.56. The van der Waals surface area contributed by atoms with Crippen LogP contribution in [-0.4, -0.2) is 51.4 Å². The van der Waals surface area contributed by atoms with E-state index in [0.29, 0.717) is 13.1 Å². The van der Waals surface area contributed by atoms with Crippen LogP contribution in [-0.2, 0) is 4.74 Å². The fourth-order valence-electron chi connectivity index (χ4n) is 2.56. The Balaban J connectivity index is 2.47. The maximum atomic E-state index is 11.3. The molecule has 0 aliphatic carbocycles. The monoisotopic (exact) mass is 297 g/mol. The number of nitro groups is 1. The Bertz CT molecular complexity index is 563. The molecule has 0 aromatic carbocycles. The summed E-state index contributed by atoms with van der Waals surface area (Å²) in [5, 5.41) is 20.6. The lowest BCUT2D eigenvalue weighted by Crippen LogP contribution is -2.54.